The first-order valence-electron chi connectivity index (χ1n) is 5.75. The topological polar surface area (TPSA) is 68.0 Å². The van der Waals surface area contributed by atoms with Crippen molar-refractivity contribution in [3.05, 3.63) is 24.0 Å². The van der Waals surface area contributed by atoms with Crippen molar-refractivity contribution in [1.82, 2.24) is 4.98 Å². The normalized spacial score (nSPS) is 16.2. The number of hydrogen-bond donors (Lipinski definition) is 2. The van der Waals surface area contributed by atoms with Gasteiger partial charge in [-0.15, -0.1) is 0 Å². The van der Waals surface area contributed by atoms with Gasteiger partial charge in [0.05, 0.1) is 11.3 Å². The lowest BCUT2D eigenvalue weighted by Gasteiger charge is -2.13. The van der Waals surface area contributed by atoms with E-state index in [1.54, 1.807) is 12.3 Å². The molecule has 3 N–H and O–H groups in total. The van der Waals surface area contributed by atoms with Crippen LogP contribution >= 0.6 is 0 Å². The molecule has 1 aliphatic carbocycles. The summed E-state index contributed by atoms with van der Waals surface area (Å²) in [5.41, 5.74) is 6.55. The van der Waals surface area contributed by atoms with E-state index in [-0.39, 0.29) is 0 Å². The maximum atomic E-state index is 11.2. The van der Waals surface area contributed by atoms with E-state index >= 15 is 0 Å². The SMILES string of the molecule is NC(=O)c1cnccc1NCC1CCCC1. The van der Waals surface area contributed by atoms with E-state index < -0.39 is 5.91 Å². The van der Waals surface area contributed by atoms with Crippen LogP contribution in [0.5, 0.6) is 0 Å². The van der Waals surface area contributed by atoms with Crippen LogP contribution in [0.4, 0.5) is 5.69 Å². The largest absolute Gasteiger partial charge is 0.384 e. The number of aromatic nitrogens is 1. The number of amides is 1. The van der Waals surface area contributed by atoms with Gasteiger partial charge in [-0.1, -0.05) is 12.8 Å². The van der Waals surface area contributed by atoms with E-state index in [1.165, 1.54) is 31.9 Å². The van der Waals surface area contributed by atoms with Crippen LogP contribution in [0.15, 0.2) is 18.5 Å². The van der Waals surface area contributed by atoms with E-state index in [4.69, 9.17) is 5.73 Å². The Bertz CT molecular complexity index is 372. The highest BCUT2D eigenvalue weighted by molar-refractivity contribution is 5.98. The first-order valence-corrected chi connectivity index (χ1v) is 5.75. The molecular weight excluding hydrogens is 202 g/mol. The lowest BCUT2D eigenvalue weighted by molar-refractivity contribution is 0.100. The molecule has 0 radical (unpaired) electrons. The second-order valence-electron chi connectivity index (χ2n) is 4.32. The van der Waals surface area contributed by atoms with Crippen LogP contribution < -0.4 is 11.1 Å². The van der Waals surface area contributed by atoms with E-state index in [0.717, 1.165) is 18.2 Å². The number of nitrogens with two attached hydrogens (primary N) is 1. The van der Waals surface area contributed by atoms with Crippen molar-refractivity contribution in [1.29, 1.82) is 0 Å². The van der Waals surface area contributed by atoms with Crippen molar-refractivity contribution in [2.45, 2.75) is 25.7 Å². The number of carbonyl (C=O) groups is 1. The summed E-state index contributed by atoms with van der Waals surface area (Å²) in [6.07, 6.45) is 8.40. The maximum Gasteiger partial charge on any atom is 0.252 e. The average molecular weight is 219 g/mol. The number of anilines is 1. The standard InChI is InChI=1S/C12H17N3O/c13-12(16)10-8-14-6-5-11(10)15-7-9-3-1-2-4-9/h5-6,8-9H,1-4,7H2,(H2,13,16)(H,14,15). The van der Waals surface area contributed by atoms with E-state index in [0.29, 0.717) is 5.56 Å². The first-order chi connectivity index (χ1) is 7.77. The zero-order valence-electron chi connectivity index (χ0n) is 9.28. The summed E-state index contributed by atoms with van der Waals surface area (Å²) in [5.74, 6) is 0.302. The Labute approximate surface area is 95.3 Å². The lowest BCUT2D eigenvalue weighted by atomic mass is 10.1. The van der Waals surface area contributed by atoms with Gasteiger partial charge >= 0.3 is 0 Å². The van der Waals surface area contributed by atoms with E-state index in [9.17, 15) is 4.79 Å². The Morgan fingerprint density at radius 1 is 1.50 bits per heavy atom. The fourth-order valence-electron chi connectivity index (χ4n) is 2.21. The van der Waals surface area contributed by atoms with Crippen LogP contribution in [0.1, 0.15) is 36.0 Å². The molecule has 86 valence electrons. The predicted octanol–water partition coefficient (Wildman–Crippen LogP) is 1.78. The second-order valence-corrected chi connectivity index (χ2v) is 4.32. The summed E-state index contributed by atoms with van der Waals surface area (Å²) in [6.45, 7) is 0.921. The predicted molar refractivity (Wildman–Crippen MR) is 63.2 cm³/mol. The van der Waals surface area contributed by atoms with Crippen LogP contribution in [0.25, 0.3) is 0 Å². The van der Waals surface area contributed by atoms with Gasteiger partial charge in [0.1, 0.15) is 0 Å². The fourth-order valence-corrected chi connectivity index (χ4v) is 2.21. The minimum atomic E-state index is -0.429. The number of nitrogens with zero attached hydrogens (tertiary/aromatic N) is 1. The van der Waals surface area contributed by atoms with Crippen LogP contribution in [-0.2, 0) is 0 Å². The summed E-state index contributed by atoms with van der Waals surface area (Å²) >= 11 is 0. The lowest BCUT2D eigenvalue weighted by Crippen LogP contribution is -2.17. The average Bonchev–Trinajstić information content (AvgIpc) is 2.79. The van der Waals surface area contributed by atoms with E-state index in [1.807, 2.05) is 0 Å². The molecule has 0 spiro atoms. The molecule has 4 nitrogen and oxygen atoms in total. The Morgan fingerprint density at radius 2 is 2.25 bits per heavy atom. The molecule has 0 unspecified atom stereocenters. The van der Waals surface area contributed by atoms with Gasteiger partial charge in [-0.2, -0.15) is 0 Å². The quantitative estimate of drug-likeness (QED) is 0.811. The van der Waals surface area contributed by atoms with Crippen molar-refractivity contribution in [3.63, 3.8) is 0 Å². The van der Waals surface area contributed by atoms with E-state index in [2.05, 4.69) is 10.3 Å². The summed E-state index contributed by atoms with van der Waals surface area (Å²) in [6, 6.07) is 1.80. The zero-order chi connectivity index (χ0) is 11.4. The Balaban J connectivity index is 2.00. The Morgan fingerprint density at radius 3 is 2.94 bits per heavy atom. The molecule has 4 heteroatoms. The van der Waals surface area contributed by atoms with Crippen molar-refractivity contribution >= 4 is 11.6 Å². The van der Waals surface area contributed by atoms with Crippen molar-refractivity contribution < 1.29 is 4.79 Å². The molecule has 1 fully saturated rings. The second kappa shape index (κ2) is 4.96. The van der Waals surface area contributed by atoms with Gasteiger partial charge in [-0.3, -0.25) is 9.78 Å². The van der Waals surface area contributed by atoms with Gasteiger partial charge in [0, 0.05) is 18.9 Å². The van der Waals surface area contributed by atoms with Crippen LogP contribution in [0.3, 0.4) is 0 Å². The summed E-state index contributed by atoms with van der Waals surface area (Å²) in [5, 5.41) is 3.30. The molecule has 1 aromatic rings. The molecule has 0 atom stereocenters. The summed E-state index contributed by atoms with van der Waals surface area (Å²) < 4.78 is 0. The minimum absolute atomic E-state index is 0.429. The van der Waals surface area contributed by atoms with Gasteiger partial charge in [-0.25, -0.2) is 0 Å². The number of primary amides is 1. The highest BCUT2D eigenvalue weighted by Gasteiger charge is 2.15. The third-order valence-electron chi connectivity index (χ3n) is 3.14. The van der Waals surface area contributed by atoms with Crippen LogP contribution in [0, 0.1) is 5.92 Å². The third kappa shape index (κ3) is 2.51. The fraction of sp³-hybridized carbons (Fsp3) is 0.500. The molecule has 0 aromatic carbocycles. The Hall–Kier alpha value is -1.58. The zero-order valence-corrected chi connectivity index (χ0v) is 9.28. The monoisotopic (exact) mass is 219 g/mol. The molecule has 0 saturated heterocycles. The molecule has 1 heterocycles. The number of nitrogens with one attached hydrogen (secondary N) is 1. The van der Waals surface area contributed by atoms with Gasteiger partial charge in [0.2, 0.25) is 0 Å². The van der Waals surface area contributed by atoms with Crippen LogP contribution in [0.2, 0.25) is 0 Å². The molecule has 0 aliphatic heterocycles. The van der Waals surface area contributed by atoms with Gasteiger partial charge in [0.25, 0.3) is 5.91 Å². The summed E-state index contributed by atoms with van der Waals surface area (Å²) in [7, 11) is 0. The third-order valence-corrected chi connectivity index (χ3v) is 3.14. The minimum Gasteiger partial charge on any atom is -0.384 e. The maximum absolute atomic E-state index is 11.2. The van der Waals surface area contributed by atoms with Gasteiger partial charge < -0.3 is 11.1 Å². The number of hydrogen-bond acceptors (Lipinski definition) is 3. The molecule has 1 aliphatic rings. The highest BCUT2D eigenvalue weighted by Crippen LogP contribution is 2.25. The number of carbonyl (C=O) groups excluding carboxylic acids is 1. The van der Waals surface area contributed by atoms with Crippen molar-refractivity contribution in [2.75, 3.05) is 11.9 Å². The highest BCUT2D eigenvalue weighted by atomic mass is 16.1. The smallest absolute Gasteiger partial charge is 0.252 e. The Kier molecular flexibility index (Phi) is 3.39. The number of rotatable bonds is 4. The molecule has 16 heavy (non-hydrogen) atoms. The summed E-state index contributed by atoms with van der Waals surface area (Å²) in [4.78, 5) is 15.1. The van der Waals surface area contributed by atoms with Crippen LogP contribution in [-0.4, -0.2) is 17.4 Å². The molecular formula is C12H17N3O. The molecule has 0 bridgehead atoms. The van der Waals surface area contributed by atoms with Crippen molar-refractivity contribution in [3.8, 4) is 0 Å². The van der Waals surface area contributed by atoms with Gasteiger partial charge in [-0.05, 0) is 24.8 Å². The molecule has 1 aromatic heterocycles. The van der Waals surface area contributed by atoms with Crippen molar-refractivity contribution in [2.24, 2.45) is 11.7 Å². The molecule has 2 rings (SSSR count). The molecule has 1 amide bonds. The first kappa shape index (κ1) is 10.9. The molecule has 1 saturated carbocycles. The van der Waals surface area contributed by atoms with Gasteiger partial charge in [0.15, 0.2) is 0 Å². The number of pyridine rings is 1.